The summed E-state index contributed by atoms with van der Waals surface area (Å²) in [4.78, 5) is 4.41. The van der Waals surface area contributed by atoms with Crippen LogP contribution in [0.25, 0.3) is 22.6 Å². The molecule has 0 aliphatic carbocycles. The summed E-state index contributed by atoms with van der Waals surface area (Å²) < 4.78 is 11.4. The van der Waals surface area contributed by atoms with Crippen molar-refractivity contribution < 1.29 is 8.83 Å². The molecule has 4 rings (SSSR count). The third-order valence-corrected chi connectivity index (χ3v) is 4.25. The molecular formula is C17H13N3O2S. The lowest BCUT2D eigenvalue weighted by molar-refractivity contribution is 0.486. The van der Waals surface area contributed by atoms with Crippen LogP contribution in [0, 0.1) is 6.92 Å². The van der Waals surface area contributed by atoms with Crippen LogP contribution in [-0.4, -0.2) is 15.2 Å². The van der Waals surface area contributed by atoms with Crippen molar-refractivity contribution in [2.24, 2.45) is 0 Å². The van der Waals surface area contributed by atoms with E-state index in [0.717, 1.165) is 22.2 Å². The zero-order valence-corrected chi connectivity index (χ0v) is 13.2. The number of rotatable bonds is 4. The van der Waals surface area contributed by atoms with Gasteiger partial charge in [-0.05, 0) is 30.7 Å². The van der Waals surface area contributed by atoms with Gasteiger partial charge in [-0.25, -0.2) is 4.98 Å². The van der Waals surface area contributed by atoms with Gasteiger partial charge in [0.05, 0.1) is 5.75 Å². The van der Waals surface area contributed by atoms with Crippen LogP contribution < -0.4 is 0 Å². The molecule has 0 aliphatic rings. The molecule has 2 heterocycles. The Labute approximate surface area is 136 Å². The first-order valence-corrected chi connectivity index (χ1v) is 8.15. The van der Waals surface area contributed by atoms with E-state index in [2.05, 4.69) is 15.2 Å². The van der Waals surface area contributed by atoms with Crippen LogP contribution in [0.4, 0.5) is 0 Å². The molecule has 2 aromatic heterocycles. The third-order valence-electron chi connectivity index (χ3n) is 3.44. The second kappa shape index (κ2) is 5.89. The summed E-state index contributed by atoms with van der Waals surface area (Å²) in [5, 5.41) is 8.82. The fourth-order valence-corrected chi connectivity index (χ4v) is 2.95. The van der Waals surface area contributed by atoms with E-state index in [1.54, 1.807) is 0 Å². The van der Waals surface area contributed by atoms with Crippen molar-refractivity contribution in [3.8, 4) is 11.5 Å². The SMILES string of the molecule is Cc1ccccc1-c1nnc(CSc2nc3ccccc3o2)o1. The van der Waals surface area contributed by atoms with Crippen LogP contribution in [0.5, 0.6) is 0 Å². The van der Waals surface area contributed by atoms with Crippen LogP contribution in [0.2, 0.25) is 0 Å². The number of fused-ring (bicyclic) bond motifs is 1. The molecule has 4 aromatic rings. The van der Waals surface area contributed by atoms with E-state index in [1.165, 1.54) is 11.8 Å². The smallest absolute Gasteiger partial charge is 0.257 e. The molecule has 0 atom stereocenters. The molecular weight excluding hydrogens is 310 g/mol. The number of thioether (sulfide) groups is 1. The number of oxazole rings is 1. The fourth-order valence-electron chi connectivity index (χ4n) is 2.27. The summed E-state index contributed by atoms with van der Waals surface area (Å²) in [6.45, 7) is 2.02. The number of hydrogen-bond donors (Lipinski definition) is 0. The van der Waals surface area contributed by atoms with Gasteiger partial charge in [-0.2, -0.15) is 0 Å². The zero-order chi connectivity index (χ0) is 15.6. The van der Waals surface area contributed by atoms with Gasteiger partial charge in [0.15, 0.2) is 5.58 Å². The molecule has 0 bridgehead atoms. The fraction of sp³-hybridized carbons (Fsp3) is 0.118. The first kappa shape index (κ1) is 14.0. The molecule has 114 valence electrons. The largest absolute Gasteiger partial charge is 0.431 e. The molecule has 0 unspecified atom stereocenters. The van der Waals surface area contributed by atoms with E-state index in [4.69, 9.17) is 8.83 Å². The Morgan fingerprint density at radius 3 is 2.65 bits per heavy atom. The van der Waals surface area contributed by atoms with Gasteiger partial charge < -0.3 is 8.83 Å². The number of benzene rings is 2. The van der Waals surface area contributed by atoms with E-state index in [9.17, 15) is 0 Å². The van der Waals surface area contributed by atoms with E-state index < -0.39 is 0 Å². The second-order valence-corrected chi connectivity index (χ2v) is 5.98. The predicted octanol–water partition coefficient (Wildman–Crippen LogP) is 4.48. The topological polar surface area (TPSA) is 65.0 Å². The van der Waals surface area contributed by atoms with Crippen LogP contribution in [0.1, 0.15) is 11.5 Å². The third kappa shape index (κ3) is 2.85. The highest BCUT2D eigenvalue weighted by atomic mass is 32.2. The Bertz CT molecular complexity index is 928. The maximum absolute atomic E-state index is 5.73. The maximum Gasteiger partial charge on any atom is 0.257 e. The number of para-hydroxylation sites is 2. The normalized spacial score (nSPS) is 11.2. The minimum atomic E-state index is 0.520. The number of nitrogens with zero attached hydrogens (tertiary/aromatic N) is 3. The lowest BCUT2D eigenvalue weighted by Crippen LogP contribution is -1.81. The van der Waals surface area contributed by atoms with E-state index in [0.29, 0.717) is 22.8 Å². The predicted molar refractivity (Wildman–Crippen MR) is 88.0 cm³/mol. The minimum Gasteiger partial charge on any atom is -0.431 e. The molecule has 0 saturated heterocycles. The molecule has 6 heteroatoms. The summed E-state index contributed by atoms with van der Waals surface area (Å²) in [6.07, 6.45) is 0. The summed E-state index contributed by atoms with van der Waals surface area (Å²) in [5.41, 5.74) is 3.69. The summed E-state index contributed by atoms with van der Waals surface area (Å²) in [5.74, 6) is 1.61. The Morgan fingerprint density at radius 1 is 0.957 bits per heavy atom. The van der Waals surface area contributed by atoms with Crippen molar-refractivity contribution >= 4 is 22.9 Å². The monoisotopic (exact) mass is 323 g/mol. The molecule has 23 heavy (non-hydrogen) atoms. The quantitative estimate of drug-likeness (QED) is 0.516. The average Bonchev–Trinajstić information content (AvgIpc) is 3.19. The van der Waals surface area contributed by atoms with Crippen molar-refractivity contribution in [3.63, 3.8) is 0 Å². The van der Waals surface area contributed by atoms with Crippen molar-refractivity contribution in [2.45, 2.75) is 17.9 Å². The van der Waals surface area contributed by atoms with Crippen LogP contribution in [-0.2, 0) is 5.75 Å². The van der Waals surface area contributed by atoms with Gasteiger partial charge in [-0.1, -0.05) is 42.1 Å². The van der Waals surface area contributed by atoms with Crippen molar-refractivity contribution in [2.75, 3.05) is 0 Å². The van der Waals surface area contributed by atoms with Crippen LogP contribution in [0.3, 0.4) is 0 Å². The standard InChI is InChI=1S/C17H13N3O2S/c1-11-6-2-3-7-12(11)16-20-19-15(22-16)10-23-17-18-13-8-4-5-9-14(13)21-17/h2-9H,10H2,1H3. The minimum absolute atomic E-state index is 0.520. The van der Waals surface area contributed by atoms with Crippen molar-refractivity contribution in [1.29, 1.82) is 0 Å². The number of aromatic nitrogens is 3. The number of aryl methyl sites for hydroxylation is 1. The highest BCUT2D eigenvalue weighted by Crippen LogP contribution is 2.27. The molecule has 0 radical (unpaired) electrons. The van der Waals surface area contributed by atoms with Gasteiger partial charge >= 0.3 is 0 Å². The van der Waals surface area contributed by atoms with Crippen LogP contribution in [0.15, 0.2) is 62.6 Å². The van der Waals surface area contributed by atoms with Gasteiger partial charge in [0, 0.05) is 5.56 Å². The first-order valence-electron chi connectivity index (χ1n) is 7.16. The lowest BCUT2D eigenvalue weighted by atomic mass is 10.1. The van der Waals surface area contributed by atoms with E-state index >= 15 is 0 Å². The van der Waals surface area contributed by atoms with Crippen LogP contribution >= 0.6 is 11.8 Å². The van der Waals surface area contributed by atoms with Gasteiger partial charge in [0.1, 0.15) is 5.52 Å². The highest BCUT2D eigenvalue weighted by molar-refractivity contribution is 7.98. The Hall–Kier alpha value is -2.60. The lowest BCUT2D eigenvalue weighted by Gasteiger charge is -1.98. The van der Waals surface area contributed by atoms with Gasteiger partial charge in [0.25, 0.3) is 5.22 Å². The Kier molecular flexibility index (Phi) is 3.59. The Morgan fingerprint density at radius 2 is 1.78 bits per heavy atom. The highest BCUT2D eigenvalue weighted by Gasteiger charge is 2.12. The first-order chi connectivity index (χ1) is 11.3. The summed E-state index contributed by atoms with van der Waals surface area (Å²) in [6, 6.07) is 15.6. The molecule has 0 aliphatic heterocycles. The average molecular weight is 323 g/mol. The van der Waals surface area contributed by atoms with Crippen molar-refractivity contribution in [3.05, 3.63) is 60.0 Å². The summed E-state index contributed by atoms with van der Waals surface area (Å²) in [7, 11) is 0. The molecule has 0 amide bonds. The molecule has 0 saturated carbocycles. The molecule has 2 aromatic carbocycles. The van der Waals surface area contributed by atoms with Gasteiger partial charge in [-0.3, -0.25) is 0 Å². The Balaban J connectivity index is 1.51. The van der Waals surface area contributed by atoms with Crippen molar-refractivity contribution in [1.82, 2.24) is 15.2 Å². The molecule has 0 spiro atoms. The molecule has 0 fully saturated rings. The summed E-state index contributed by atoms with van der Waals surface area (Å²) >= 11 is 1.44. The maximum atomic E-state index is 5.73. The molecule has 5 nitrogen and oxygen atoms in total. The zero-order valence-electron chi connectivity index (χ0n) is 12.4. The number of hydrogen-bond acceptors (Lipinski definition) is 6. The van der Waals surface area contributed by atoms with E-state index in [1.807, 2.05) is 55.5 Å². The van der Waals surface area contributed by atoms with Gasteiger partial charge in [-0.15, -0.1) is 10.2 Å². The second-order valence-electron chi connectivity index (χ2n) is 5.05. The van der Waals surface area contributed by atoms with E-state index in [-0.39, 0.29) is 0 Å². The van der Waals surface area contributed by atoms with Gasteiger partial charge in [0.2, 0.25) is 11.8 Å². The molecule has 0 N–H and O–H groups in total.